The van der Waals surface area contributed by atoms with Crippen molar-refractivity contribution in [3.63, 3.8) is 0 Å². The Morgan fingerprint density at radius 1 is 0.886 bits per heavy atom. The summed E-state index contributed by atoms with van der Waals surface area (Å²) in [6, 6.07) is 9.83. The highest BCUT2D eigenvalue weighted by atomic mass is 16.6. The first-order valence-corrected chi connectivity index (χ1v) is 11.6. The van der Waals surface area contributed by atoms with Crippen molar-refractivity contribution in [1.29, 1.82) is 0 Å². The van der Waals surface area contributed by atoms with Crippen LogP contribution >= 0.6 is 0 Å². The molecule has 0 radical (unpaired) electrons. The Balaban J connectivity index is 2.00. The van der Waals surface area contributed by atoms with Gasteiger partial charge in [-0.25, -0.2) is 4.79 Å². The van der Waals surface area contributed by atoms with Crippen molar-refractivity contribution in [3.05, 3.63) is 53.8 Å². The zero-order valence-corrected chi connectivity index (χ0v) is 21.4. The third kappa shape index (κ3) is 4.67. The van der Waals surface area contributed by atoms with Gasteiger partial charge in [0.15, 0.2) is 11.5 Å². The van der Waals surface area contributed by atoms with Gasteiger partial charge in [0.25, 0.3) is 0 Å². The van der Waals surface area contributed by atoms with Crippen LogP contribution in [0.4, 0.5) is 4.79 Å². The van der Waals surface area contributed by atoms with Gasteiger partial charge in [0, 0.05) is 0 Å². The molecule has 1 aliphatic rings. The number of hydrogen-bond donors (Lipinski definition) is 0. The molecule has 0 fully saturated rings. The lowest BCUT2D eigenvalue weighted by molar-refractivity contribution is 0.0164. The minimum absolute atomic E-state index is 0.232. The summed E-state index contributed by atoms with van der Waals surface area (Å²) in [7, 11) is 6.52. The molecular formula is C28H33NO6. The maximum Gasteiger partial charge on any atom is 0.411 e. The molecule has 0 N–H and O–H groups in total. The second-order valence-electron chi connectivity index (χ2n) is 9.57. The van der Waals surface area contributed by atoms with Crippen molar-refractivity contribution in [2.75, 3.05) is 28.4 Å². The summed E-state index contributed by atoms with van der Waals surface area (Å²) in [4.78, 5) is 15.0. The van der Waals surface area contributed by atoms with Gasteiger partial charge in [0.1, 0.15) is 11.4 Å². The van der Waals surface area contributed by atoms with Crippen LogP contribution < -0.4 is 14.2 Å². The molecule has 186 valence electrons. The van der Waals surface area contributed by atoms with Crippen molar-refractivity contribution < 1.29 is 28.5 Å². The molecule has 7 heteroatoms. The highest BCUT2D eigenvalue weighted by Gasteiger charge is 2.34. The SMILES string of the molecule is CO/C=C/[C@H]1Cc2c(c3ccc(OC)cc3c3cc(OC)c(OC)cc23)CN1C(=O)OC(C)(C)C. The van der Waals surface area contributed by atoms with Crippen LogP contribution in [0.3, 0.4) is 0 Å². The van der Waals surface area contributed by atoms with Crippen molar-refractivity contribution in [1.82, 2.24) is 4.90 Å². The Labute approximate surface area is 206 Å². The number of rotatable bonds is 5. The Kier molecular flexibility index (Phi) is 6.70. The molecule has 3 aromatic rings. The van der Waals surface area contributed by atoms with Gasteiger partial charge in [0.05, 0.1) is 47.3 Å². The summed E-state index contributed by atoms with van der Waals surface area (Å²) in [5.41, 5.74) is 1.63. The standard InChI is InChI=1S/C28H33NO6/c1-28(2,3)35-27(30)29-16-24-19-9-8-18(32-5)13-21(19)23-15-26(34-7)25(33-6)14-22(23)20(24)12-17(29)10-11-31-4/h8-11,13-15,17H,12,16H2,1-7H3/b11-10+/t17-/m0/s1. The molecule has 0 bridgehead atoms. The van der Waals surface area contributed by atoms with E-state index in [4.69, 9.17) is 23.7 Å². The number of hydrogen-bond acceptors (Lipinski definition) is 6. The number of carbonyl (C=O) groups is 1. The van der Waals surface area contributed by atoms with E-state index >= 15 is 0 Å². The fourth-order valence-corrected chi connectivity index (χ4v) is 4.70. The Hall–Kier alpha value is -3.61. The van der Waals surface area contributed by atoms with Crippen LogP contribution in [0.15, 0.2) is 42.7 Å². The van der Waals surface area contributed by atoms with E-state index in [9.17, 15) is 4.79 Å². The summed E-state index contributed by atoms with van der Waals surface area (Å²) in [5, 5.41) is 4.17. The summed E-state index contributed by atoms with van der Waals surface area (Å²) in [6.45, 7) is 6.02. The summed E-state index contributed by atoms with van der Waals surface area (Å²) in [5.74, 6) is 2.07. The number of ether oxygens (including phenoxy) is 5. The molecule has 7 nitrogen and oxygen atoms in total. The molecule has 0 unspecified atom stereocenters. The summed E-state index contributed by atoms with van der Waals surface area (Å²) < 4.78 is 27.7. The van der Waals surface area contributed by atoms with Gasteiger partial charge in [-0.1, -0.05) is 6.07 Å². The number of benzene rings is 3. The van der Waals surface area contributed by atoms with E-state index in [1.807, 2.05) is 51.1 Å². The van der Waals surface area contributed by atoms with Gasteiger partial charge in [0.2, 0.25) is 0 Å². The van der Waals surface area contributed by atoms with Gasteiger partial charge in [-0.2, -0.15) is 0 Å². The fraction of sp³-hybridized carbons (Fsp3) is 0.393. The highest BCUT2D eigenvalue weighted by molar-refractivity contribution is 6.12. The van der Waals surface area contributed by atoms with Gasteiger partial charge in [-0.15, -0.1) is 0 Å². The largest absolute Gasteiger partial charge is 0.505 e. The first-order chi connectivity index (χ1) is 16.7. The number of methoxy groups -OCH3 is 4. The summed E-state index contributed by atoms with van der Waals surface area (Å²) in [6.07, 6.45) is 3.76. The second-order valence-corrected chi connectivity index (χ2v) is 9.57. The van der Waals surface area contributed by atoms with E-state index in [0.717, 1.165) is 38.4 Å². The molecule has 35 heavy (non-hydrogen) atoms. The molecule has 1 heterocycles. The fourth-order valence-electron chi connectivity index (χ4n) is 4.70. The van der Waals surface area contributed by atoms with Crippen molar-refractivity contribution in [2.24, 2.45) is 0 Å². The second kappa shape index (κ2) is 9.56. The number of nitrogens with zero attached hydrogens (tertiary/aromatic N) is 1. The average Bonchev–Trinajstić information content (AvgIpc) is 2.84. The minimum atomic E-state index is -0.602. The normalized spacial score (nSPS) is 15.9. The highest BCUT2D eigenvalue weighted by Crippen LogP contribution is 2.43. The van der Waals surface area contributed by atoms with Crippen molar-refractivity contribution in [3.8, 4) is 17.2 Å². The van der Waals surface area contributed by atoms with Crippen molar-refractivity contribution in [2.45, 2.75) is 45.4 Å². The van der Waals surface area contributed by atoms with E-state index in [1.54, 1.807) is 39.6 Å². The van der Waals surface area contributed by atoms with E-state index in [0.29, 0.717) is 24.5 Å². The number of amides is 1. The third-order valence-corrected chi connectivity index (χ3v) is 6.26. The van der Waals surface area contributed by atoms with Gasteiger partial charge < -0.3 is 23.7 Å². The lowest BCUT2D eigenvalue weighted by Gasteiger charge is -2.37. The molecule has 1 aliphatic heterocycles. The van der Waals surface area contributed by atoms with Crippen LogP contribution in [0.1, 0.15) is 31.9 Å². The Morgan fingerprint density at radius 2 is 1.54 bits per heavy atom. The molecule has 0 spiro atoms. The molecule has 0 saturated heterocycles. The topological polar surface area (TPSA) is 66.5 Å². The van der Waals surface area contributed by atoms with Crippen LogP contribution in [0.25, 0.3) is 21.5 Å². The monoisotopic (exact) mass is 479 g/mol. The van der Waals surface area contributed by atoms with Crippen molar-refractivity contribution >= 4 is 27.6 Å². The smallest absolute Gasteiger partial charge is 0.411 e. The van der Waals surface area contributed by atoms with Gasteiger partial charge in [-0.05, 0) is 90.2 Å². The summed E-state index contributed by atoms with van der Waals surface area (Å²) >= 11 is 0. The average molecular weight is 480 g/mol. The maximum atomic E-state index is 13.3. The Morgan fingerprint density at radius 3 is 2.14 bits per heavy atom. The van der Waals surface area contributed by atoms with E-state index in [1.165, 1.54) is 0 Å². The molecule has 1 amide bonds. The molecule has 0 saturated carbocycles. The molecule has 3 aromatic carbocycles. The quantitative estimate of drug-likeness (QED) is 0.338. The predicted octanol–water partition coefficient (Wildman–Crippen LogP) is 5.84. The first kappa shape index (κ1) is 24.5. The van der Waals surface area contributed by atoms with Gasteiger partial charge in [-0.3, -0.25) is 4.90 Å². The third-order valence-electron chi connectivity index (χ3n) is 6.26. The van der Waals surface area contributed by atoms with Crippen LogP contribution in [0.5, 0.6) is 17.2 Å². The number of fused-ring (bicyclic) bond motifs is 6. The van der Waals surface area contributed by atoms with E-state index < -0.39 is 5.60 Å². The van der Waals surface area contributed by atoms with Crippen LogP contribution in [0.2, 0.25) is 0 Å². The maximum absolute atomic E-state index is 13.3. The first-order valence-electron chi connectivity index (χ1n) is 11.6. The molecular weight excluding hydrogens is 446 g/mol. The lowest BCUT2D eigenvalue weighted by atomic mass is 9.85. The van der Waals surface area contributed by atoms with E-state index in [-0.39, 0.29) is 12.1 Å². The van der Waals surface area contributed by atoms with Crippen LogP contribution in [-0.2, 0) is 22.4 Å². The Bertz CT molecular complexity index is 1290. The molecule has 0 aromatic heterocycles. The minimum Gasteiger partial charge on any atom is -0.505 e. The molecule has 4 rings (SSSR count). The van der Waals surface area contributed by atoms with Crippen LogP contribution in [0, 0.1) is 0 Å². The number of carbonyl (C=O) groups excluding carboxylic acids is 1. The zero-order valence-electron chi connectivity index (χ0n) is 21.4. The molecule has 1 atom stereocenters. The molecule has 0 aliphatic carbocycles. The van der Waals surface area contributed by atoms with Crippen LogP contribution in [-0.4, -0.2) is 51.1 Å². The lowest BCUT2D eigenvalue weighted by Crippen LogP contribution is -2.45. The predicted molar refractivity (Wildman–Crippen MR) is 137 cm³/mol. The van der Waals surface area contributed by atoms with E-state index in [2.05, 4.69) is 6.07 Å². The zero-order chi connectivity index (χ0) is 25.3. The van der Waals surface area contributed by atoms with Gasteiger partial charge >= 0.3 is 6.09 Å².